The second kappa shape index (κ2) is 7.71. The number of rotatable bonds is 6. The van der Waals surface area contributed by atoms with E-state index in [9.17, 15) is 4.79 Å². The highest BCUT2D eigenvalue weighted by molar-refractivity contribution is 8.00. The van der Waals surface area contributed by atoms with E-state index in [-0.39, 0.29) is 11.0 Å². The van der Waals surface area contributed by atoms with E-state index in [1.54, 1.807) is 11.8 Å². The van der Waals surface area contributed by atoms with Crippen LogP contribution in [-0.4, -0.2) is 29.4 Å². The first-order valence-corrected chi connectivity index (χ1v) is 8.26. The molecular formula is C16H23NOS. The average molecular weight is 277 g/mol. The van der Waals surface area contributed by atoms with Gasteiger partial charge in [0.05, 0.1) is 5.25 Å². The Morgan fingerprint density at radius 2 is 2.16 bits per heavy atom. The smallest absolute Gasteiger partial charge is 0.175 e. The topological polar surface area (TPSA) is 29.1 Å². The lowest BCUT2D eigenvalue weighted by atomic mass is 10.0. The monoisotopic (exact) mass is 277 g/mol. The van der Waals surface area contributed by atoms with Crippen molar-refractivity contribution < 1.29 is 4.79 Å². The maximum atomic E-state index is 12.2. The molecule has 1 aliphatic rings. The molecule has 0 aliphatic carbocycles. The van der Waals surface area contributed by atoms with Crippen LogP contribution >= 0.6 is 11.8 Å². The lowest BCUT2D eigenvalue weighted by molar-refractivity contribution is 0.0994. The van der Waals surface area contributed by atoms with Gasteiger partial charge in [0.2, 0.25) is 0 Å². The summed E-state index contributed by atoms with van der Waals surface area (Å²) in [4.78, 5) is 12.2. The first kappa shape index (κ1) is 14.6. The van der Waals surface area contributed by atoms with E-state index in [2.05, 4.69) is 5.32 Å². The number of thioether (sulfide) groups is 1. The summed E-state index contributed by atoms with van der Waals surface area (Å²) in [6.07, 6.45) is 5.13. The van der Waals surface area contributed by atoms with Crippen molar-refractivity contribution in [3.05, 3.63) is 35.9 Å². The predicted octanol–water partition coefficient (Wildman–Crippen LogP) is 3.52. The van der Waals surface area contributed by atoms with E-state index < -0.39 is 0 Å². The molecule has 19 heavy (non-hydrogen) atoms. The van der Waals surface area contributed by atoms with Gasteiger partial charge in [-0.2, -0.15) is 11.8 Å². The van der Waals surface area contributed by atoms with Gasteiger partial charge in [-0.3, -0.25) is 4.79 Å². The van der Waals surface area contributed by atoms with Crippen LogP contribution in [0.5, 0.6) is 0 Å². The van der Waals surface area contributed by atoms with Crippen LogP contribution in [0.2, 0.25) is 0 Å². The van der Waals surface area contributed by atoms with Gasteiger partial charge < -0.3 is 5.32 Å². The SMILES string of the molecule is CC(SCCC1CCCCN1)C(=O)c1ccccc1. The number of benzene rings is 1. The van der Waals surface area contributed by atoms with Crippen LogP contribution in [0.4, 0.5) is 0 Å². The first-order chi connectivity index (χ1) is 9.27. The Balaban J connectivity index is 1.72. The van der Waals surface area contributed by atoms with Crippen molar-refractivity contribution in [1.29, 1.82) is 0 Å². The minimum Gasteiger partial charge on any atom is -0.314 e. The molecule has 1 aromatic rings. The molecule has 1 N–H and O–H groups in total. The second-order valence-electron chi connectivity index (χ2n) is 5.18. The zero-order chi connectivity index (χ0) is 13.5. The fourth-order valence-corrected chi connectivity index (χ4v) is 3.53. The van der Waals surface area contributed by atoms with Gasteiger partial charge in [0.25, 0.3) is 0 Å². The summed E-state index contributed by atoms with van der Waals surface area (Å²) >= 11 is 1.78. The highest BCUT2D eigenvalue weighted by Gasteiger charge is 2.17. The van der Waals surface area contributed by atoms with Crippen molar-refractivity contribution in [2.75, 3.05) is 12.3 Å². The van der Waals surface area contributed by atoms with Gasteiger partial charge in [-0.1, -0.05) is 36.8 Å². The molecule has 1 heterocycles. The zero-order valence-corrected chi connectivity index (χ0v) is 12.4. The minimum atomic E-state index is 0.0611. The molecule has 1 aliphatic heterocycles. The number of ketones is 1. The van der Waals surface area contributed by atoms with E-state index in [0.717, 1.165) is 17.9 Å². The largest absolute Gasteiger partial charge is 0.314 e. The number of piperidine rings is 1. The van der Waals surface area contributed by atoms with Gasteiger partial charge in [-0.15, -0.1) is 0 Å². The molecule has 2 nitrogen and oxygen atoms in total. The summed E-state index contributed by atoms with van der Waals surface area (Å²) in [5.74, 6) is 1.32. The molecule has 1 saturated heterocycles. The van der Waals surface area contributed by atoms with Crippen molar-refractivity contribution in [3.63, 3.8) is 0 Å². The Morgan fingerprint density at radius 1 is 1.37 bits per heavy atom. The highest BCUT2D eigenvalue weighted by Crippen LogP contribution is 2.19. The van der Waals surface area contributed by atoms with E-state index in [0.29, 0.717) is 6.04 Å². The van der Waals surface area contributed by atoms with Crippen LogP contribution in [0.25, 0.3) is 0 Å². The third-order valence-electron chi connectivity index (χ3n) is 3.67. The van der Waals surface area contributed by atoms with Crippen LogP contribution in [0.1, 0.15) is 43.0 Å². The molecule has 0 bridgehead atoms. The minimum absolute atomic E-state index is 0.0611. The van der Waals surface area contributed by atoms with Crippen LogP contribution in [0.15, 0.2) is 30.3 Å². The van der Waals surface area contributed by atoms with Crippen molar-refractivity contribution in [2.24, 2.45) is 0 Å². The molecule has 1 aromatic carbocycles. The molecule has 0 spiro atoms. The maximum Gasteiger partial charge on any atom is 0.175 e. The summed E-state index contributed by atoms with van der Waals surface area (Å²) in [7, 11) is 0. The van der Waals surface area contributed by atoms with Gasteiger partial charge in [-0.05, 0) is 38.5 Å². The maximum absolute atomic E-state index is 12.2. The molecule has 0 saturated carbocycles. The van der Waals surface area contributed by atoms with Crippen LogP contribution < -0.4 is 5.32 Å². The van der Waals surface area contributed by atoms with Crippen molar-refractivity contribution in [2.45, 2.75) is 43.9 Å². The van der Waals surface area contributed by atoms with Crippen molar-refractivity contribution in [1.82, 2.24) is 5.32 Å². The summed E-state index contributed by atoms with van der Waals surface area (Å²) in [5.41, 5.74) is 0.832. The molecule has 0 amide bonds. The first-order valence-electron chi connectivity index (χ1n) is 7.21. The Labute approximate surface area is 120 Å². The number of carbonyl (C=O) groups is 1. The molecule has 0 radical (unpaired) electrons. The van der Waals surface area contributed by atoms with Gasteiger partial charge in [-0.25, -0.2) is 0 Å². The number of carbonyl (C=O) groups excluding carboxylic acids is 1. The van der Waals surface area contributed by atoms with E-state index in [1.165, 1.54) is 25.7 Å². The molecule has 2 unspecified atom stereocenters. The predicted molar refractivity (Wildman–Crippen MR) is 83.0 cm³/mol. The Morgan fingerprint density at radius 3 is 2.84 bits per heavy atom. The van der Waals surface area contributed by atoms with Crippen LogP contribution in [-0.2, 0) is 0 Å². The number of hydrogen-bond acceptors (Lipinski definition) is 3. The Kier molecular flexibility index (Phi) is 5.93. The lowest BCUT2D eigenvalue weighted by Gasteiger charge is -2.23. The molecular weight excluding hydrogens is 254 g/mol. The standard InChI is InChI=1S/C16H23NOS/c1-13(16(18)14-7-3-2-4-8-14)19-12-10-15-9-5-6-11-17-15/h2-4,7-8,13,15,17H,5-6,9-12H2,1H3. The third-order valence-corrected chi connectivity index (χ3v) is 4.86. The van der Waals surface area contributed by atoms with Crippen LogP contribution in [0, 0.1) is 0 Å². The van der Waals surface area contributed by atoms with Gasteiger partial charge in [0.15, 0.2) is 5.78 Å². The summed E-state index contributed by atoms with van der Waals surface area (Å²) in [6, 6.07) is 10.3. The van der Waals surface area contributed by atoms with E-state index >= 15 is 0 Å². The van der Waals surface area contributed by atoms with Gasteiger partial charge in [0, 0.05) is 11.6 Å². The molecule has 3 heteroatoms. The normalized spacial score (nSPS) is 21.0. The molecule has 2 rings (SSSR count). The quantitative estimate of drug-likeness (QED) is 0.807. The summed E-state index contributed by atoms with van der Waals surface area (Å²) < 4.78 is 0. The fourth-order valence-electron chi connectivity index (χ4n) is 2.47. The van der Waals surface area contributed by atoms with E-state index in [1.807, 2.05) is 37.3 Å². The molecule has 104 valence electrons. The number of nitrogens with one attached hydrogen (secondary N) is 1. The molecule has 0 aromatic heterocycles. The van der Waals surface area contributed by atoms with Gasteiger partial charge in [0.1, 0.15) is 0 Å². The third kappa shape index (κ3) is 4.66. The fraction of sp³-hybridized carbons (Fsp3) is 0.562. The Bertz CT molecular complexity index is 387. The van der Waals surface area contributed by atoms with E-state index in [4.69, 9.17) is 0 Å². The molecule has 2 atom stereocenters. The lowest BCUT2D eigenvalue weighted by Crippen LogP contribution is -2.34. The summed E-state index contributed by atoms with van der Waals surface area (Å²) in [5, 5.41) is 3.62. The van der Waals surface area contributed by atoms with Crippen molar-refractivity contribution in [3.8, 4) is 0 Å². The second-order valence-corrected chi connectivity index (χ2v) is 6.63. The average Bonchev–Trinajstić information content (AvgIpc) is 2.48. The number of hydrogen-bond donors (Lipinski definition) is 1. The Hall–Kier alpha value is -0.800. The zero-order valence-electron chi connectivity index (χ0n) is 11.6. The van der Waals surface area contributed by atoms with Gasteiger partial charge >= 0.3 is 0 Å². The van der Waals surface area contributed by atoms with Crippen LogP contribution in [0.3, 0.4) is 0 Å². The number of Topliss-reactive ketones (excluding diaryl/α,β-unsaturated/α-hetero) is 1. The molecule has 1 fully saturated rings. The highest BCUT2D eigenvalue weighted by atomic mass is 32.2. The summed E-state index contributed by atoms with van der Waals surface area (Å²) in [6.45, 7) is 3.18. The van der Waals surface area contributed by atoms with Crippen molar-refractivity contribution >= 4 is 17.5 Å².